The molecule has 0 saturated carbocycles. The lowest BCUT2D eigenvalue weighted by Gasteiger charge is -2.13. The number of halogens is 3. The summed E-state index contributed by atoms with van der Waals surface area (Å²) in [6.07, 6.45) is -2.92. The molecule has 7 nitrogen and oxygen atoms in total. The van der Waals surface area contributed by atoms with E-state index >= 15 is 0 Å². The van der Waals surface area contributed by atoms with Gasteiger partial charge in [-0.1, -0.05) is 6.92 Å². The molecular weight excluding hydrogens is 389 g/mol. The summed E-state index contributed by atoms with van der Waals surface area (Å²) < 4.78 is 52.2. The van der Waals surface area contributed by atoms with Crippen LogP contribution in [0.4, 0.5) is 13.2 Å². The number of ether oxygens (including phenoxy) is 2. The number of aromatic nitrogens is 3. The first-order valence-corrected chi connectivity index (χ1v) is 8.94. The van der Waals surface area contributed by atoms with Crippen LogP contribution >= 0.6 is 0 Å². The Labute approximate surface area is 163 Å². The summed E-state index contributed by atoms with van der Waals surface area (Å²) in [7, 11) is 0. The highest BCUT2D eigenvalue weighted by Crippen LogP contribution is 2.37. The van der Waals surface area contributed by atoms with E-state index in [1.165, 1.54) is 0 Å². The van der Waals surface area contributed by atoms with Crippen molar-refractivity contribution < 1.29 is 27.4 Å². The lowest BCUT2D eigenvalue weighted by atomic mass is 10.1. The number of amides is 1. The van der Waals surface area contributed by atoms with Crippen LogP contribution in [0.15, 0.2) is 30.5 Å². The van der Waals surface area contributed by atoms with E-state index in [0.29, 0.717) is 28.0 Å². The minimum atomic E-state index is -4.69. The molecule has 1 N–H and O–H groups in total. The Morgan fingerprint density at radius 2 is 2.03 bits per heavy atom. The van der Waals surface area contributed by atoms with Crippen LogP contribution in [0.3, 0.4) is 0 Å². The molecule has 3 aromatic rings. The molecule has 1 amide bonds. The van der Waals surface area contributed by atoms with Crippen molar-refractivity contribution in [3.05, 3.63) is 41.7 Å². The Morgan fingerprint density at radius 1 is 1.28 bits per heavy atom. The second kappa shape index (κ2) is 6.94. The van der Waals surface area contributed by atoms with Crippen LogP contribution in [0.1, 0.15) is 36.3 Å². The molecular formula is C19H17F3N4O3. The summed E-state index contributed by atoms with van der Waals surface area (Å²) in [6.45, 7) is 3.73. The summed E-state index contributed by atoms with van der Waals surface area (Å²) in [5.74, 6) is 0.391. The van der Waals surface area contributed by atoms with Crippen LogP contribution < -0.4 is 14.8 Å². The summed E-state index contributed by atoms with van der Waals surface area (Å²) in [5, 5.41) is 6.49. The Morgan fingerprint density at radius 3 is 2.76 bits per heavy atom. The molecule has 1 atom stereocenters. The number of alkyl halides is 3. The topological polar surface area (TPSA) is 77.8 Å². The highest BCUT2D eigenvalue weighted by atomic mass is 19.4. The molecule has 1 aliphatic heterocycles. The average Bonchev–Trinajstić information content (AvgIpc) is 3.32. The summed E-state index contributed by atoms with van der Waals surface area (Å²) in [5.41, 5.74) is -0.789. The molecule has 2 aromatic heterocycles. The maximum absolute atomic E-state index is 13.7. The van der Waals surface area contributed by atoms with Gasteiger partial charge >= 0.3 is 6.18 Å². The molecule has 0 fully saturated rings. The van der Waals surface area contributed by atoms with Crippen LogP contribution in [0, 0.1) is 0 Å². The van der Waals surface area contributed by atoms with Gasteiger partial charge in [-0.15, -0.1) is 0 Å². The van der Waals surface area contributed by atoms with Gasteiger partial charge in [0.1, 0.15) is 5.56 Å². The van der Waals surface area contributed by atoms with E-state index in [-0.39, 0.29) is 29.7 Å². The van der Waals surface area contributed by atoms with E-state index in [0.717, 1.165) is 12.3 Å². The third-order valence-corrected chi connectivity index (χ3v) is 4.67. The van der Waals surface area contributed by atoms with Gasteiger partial charge in [-0.2, -0.15) is 18.3 Å². The number of carbonyl (C=O) groups is 1. The molecule has 152 valence electrons. The highest BCUT2D eigenvalue weighted by Gasteiger charge is 2.36. The molecule has 4 rings (SSSR count). The lowest BCUT2D eigenvalue weighted by molar-refractivity contribution is -0.142. The molecule has 1 aliphatic rings. The number of hydrogen-bond acceptors (Lipinski definition) is 5. The third-order valence-electron chi connectivity index (χ3n) is 4.67. The second-order valence-electron chi connectivity index (χ2n) is 6.67. The van der Waals surface area contributed by atoms with Crippen molar-refractivity contribution in [2.75, 3.05) is 6.79 Å². The molecule has 0 unspecified atom stereocenters. The zero-order chi connectivity index (χ0) is 20.8. The SMILES string of the molecule is CC[C@H](C)NC(=O)c1cnn2c(C(F)(F)F)cc(-c3ccc4c(c3)OCO4)nc12. The van der Waals surface area contributed by atoms with E-state index in [4.69, 9.17) is 9.47 Å². The van der Waals surface area contributed by atoms with Gasteiger partial charge in [-0.05, 0) is 37.6 Å². The van der Waals surface area contributed by atoms with Crippen molar-refractivity contribution in [3.63, 3.8) is 0 Å². The Kier molecular flexibility index (Phi) is 4.56. The van der Waals surface area contributed by atoms with Gasteiger partial charge in [0.25, 0.3) is 5.91 Å². The molecule has 0 bridgehead atoms. The molecule has 10 heteroatoms. The van der Waals surface area contributed by atoms with Crippen LogP contribution in [-0.2, 0) is 6.18 Å². The lowest BCUT2D eigenvalue weighted by Crippen LogP contribution is -2.32. The van der Waals surface area contributed by atoms with Gasteiger partial charge in [0.2, 0.25) is 6.79 Å². The maximum atomic E-state index is 13.7. The first kappa shape index (κ1) is 19.0. The van der Waals surface area contributed by atoms with Crippen molar-refractivity contribution in [2.45, 2.75) is 32.5 Å². The zero-order valence-corrected chi connectivity index (χ0v) is 15.6. The maximum Gasteiger partial charge on any atom is 0.433 e. The molecule has 1 aromatic carbocycles. The predicted octanol–water partition coefficient (Wildman–Crippen LogP) is 3.67. The highest BCUT2D eigenvalue weighted by molar-refractivity contribution is 6.00. The number of carbonyl (C=O) groups excluding carboxylic acids is 1. The monoisotopic (exact) mass is 406 g/mol. The normalized spacial score (nSPS) is 14.2. The largest absolute Gasteiger partial charge is 0.454 e. The molecule has 29 heavy (non-hydrogen) atoms. The fourth-order valence-electron chi connectivity index (χ4n) is 2.93. The van der Waals surface area contributed by atoms with Gasteiger partial charge < -0.3 is 14.8 Å². The molecule has 0 aliphatic carbocycles. The zero-order valence-electron chi connectivity index (χ0n) is 15.6. The standard InChI is InChI=1S/C19H17F3N4O3/c1-3-10(2)24-18(27)12-8-23-26-16(19(20,21)22)7-13(25-17(12)26)11-4-5-14-15(6-11)29-9-28-14/h4-8,10H,3,9H2,1-2H3,(H,24,27)/t10-/m0/s1. The Hall–Kier alpha value is -3.30. The van der Waals surface area contributed by atoms with Crippen LogP contribution in [0.25, 0.3) is 16.9 Å². The number of benzene rings is 1. The molecule has 0 spiro atoms. The Bertz CT molecular complexity index is 1090. The summed E-state index contributed by atoms with van der Waals surface area (Å²) >= 11 is 0. The van der Waals surface area contributed by atoms with Crippen LogP contribution in [-0.4, -0.2) is 33.3 Å². The van der Waals surface area contributed by atoms with E-state index < -0.39 is 17.8 Å². The molecule has 0 saturated heterocycles. The number of nitrogens with one attached hydrogen (secondary N) is 1. The van der Waals surface area contributed by atoms with Crippen molar-refractivity contribution >= 4 is 11.6 Å². The van der Waals surface area contributed by atoms with Crippen molar-refractivity contribution in [1.29, 1.82) is 0 Å². The number of hydrogen-bond donors (Lipinski definition) is 1. The summed E-state index contributed by atoms with van der Waals surface area (Å²) in [4.78, 5) is 16.8. The van der Waals surface area contributed by atoms with Gasteiger partial charge in [-0.25, -0.2) is 9.50 Å². The van der Waals surface area contributed by atoms with E-state index in [2.05, 4.69) is 15.4 Å². The quantitative estimate of drug-likeness (QED) is 0.715. The van der Waals surface area contributed by atoms with E-state index in [1.807, 2.05) is 6.92 Å². The fourth-order valence-corrected chi connectivity index (χ4v) is 2.93. The minimum absolute atomic E-state index is 0.0293. The smallest absolute Gasteiger partial charge is 0.433 e. The van der Waals surface area contributed by atoms with Gasteiger partial charge in [0.15, 0.2) is 22.8 Å². The second-order valence-corrected chi connectivity index (χ2v) is 6.67. The minimum Gasteiger partial charge on any atom is -0.454 e. The number of nitrogens with zero attached hydrogens (tertiary/aromatic N) is 3. The first-order chi connectivity index (χ1) is 13.8. The van der Waals surface area contributed by atoms with Gasteiger partial charge in [-0.3, -0.25) is 4.79 Å². The number of fused-ring (bicyclic) bond motifs is 2. The Balaban J connectivity index is 1.87. The van der Waals surface area contributed by atoms with Gasteiger partial charge in [0.05, 0.1) is 11.9 Å². The average molecular weight is 406 g/mol. The number of rotatable bonds is 4. The first-order valence-electron chi connectivity index (χ1n) is 8.94. The summed E-state index contributed by atoms with van der Waals surface area (Å²) in [6, 6.07) is 5.49. The van der Waals surface area contributed by atoms with Gasteiger partial charge in [0, 0.05) is 11.6 Å². The van der Waals surface area contributed by atoms with Crippen LogP contribution in [0.2, 0.25) is 0 Å². The van der Waals surface area contributed by atoms with Crippen molar-refractivity contribution in [2.24, 2.45) is 0 Å². The van der Waals surface area contributed by atoms with E-state index in [1.54, 1.807) is 25.1 Å². The van der Waals surface area contributed by atoms with Crippen molar-refractivity contribution in [3.8, 4) is 22.8 Å². The third kappa shape index (κ3) is 3.45. The molecule has 0 radical (unpaired) electrons. The van der Waals surface area contributed by atoms with Crippen molar-refractivity contribution in [1.82, 2.24) is 19.9 Å². The fraction of sp³-hybridized carbons (Fsp3) is 0.316. The van der Waals surface area contributed by atoms with E-state index in [9.17, 15) is 18.0 Å². The molecule has 3 heterocycles. The predicted molar refractivity (Wildman–Crippen MR) is 96.8 cm³/mol. The van der Waals surface area contributed by atoms with Crippen LogP contribution in [0.5, 0.6) is 11.5 Å².